The summed E-state index contributed by atoms with van der Waals surface area (Å²) < 4.78 is 5.81. The third-order valence-corrected chi connectivity index (χ3v) is 4.15. The first-order valence-electron chi connectivity index (χ1n) is 7.49. The Bertz CT molecular complexity index is 839. The maximum absolute atomic E-state index is 12.5. The van der Waals surface area contributed by atoms with Crippen LogP contribution >= 0.6 is 0 Å². The van der Waals surface area contributed by atoms with Gasteiger partial charge in [0.05, 0.1) is 5.56 Å². The highest BCUT2D eigenvalue weighted by Crippen LogP contribution is 2.45. The van der Waals surface area contributed by atoms with E-state index in [9.17, 15) is 4.79 Å². The molecule has 0 radical (unpaired) electrons. The average molecular weight is 301 g/mol. The first-order chi connectivity index (χ1) is 11.2. The molecule has 0 spiro atoms. The molecule has 0 bridgehead atoms. The highest BCUT2D eigenvalue weighted by molar-refractivity contribution is 5.91. The third kappa shape index (κ3) is 2.27. The van der Waals surface area contributed by atoms with Crippen molar-refractivity contribution in [2.75, 3.05) is 5.73 Å². The summed E-state index contributed by atoms with van der Waals surface area (Å²) in [5.74, 6) is -0.346. The Kier molecular flexibility index (Phi) is 3.12. The van der Waals surface area contributed by atoms with E-state index in [0.29, 0.717) is 11.3 Å². The number of nitrogen functional groups attached to an aromatic ring is 1. The molecule has 0 unspecified atom stereocenters. The number of benzene rings is 3. The number of hydrogen-bond acceptors (Lipinski definition) is 3. The summed E-state index contributed by atoms with van der Waals surface area (Å²) in [6.45, 7) is 0. The molecule has 0 atom stereocenters. The van der Waals surface area contributed by atoms with Crippen LogP contribution in [0.25, 0.3) is 11.1 Å². The van der Waals surface area contributed by atoms with Crippen LogP contribution < -0.4 is 5.73 Å². The fourth-order valence-corrected chi connectivity index (χ4v) is 3.03. The Morgan fingerprint density at radius 2 is 1.30 bits per heavy atom. The largest absolute Gasteiger partial charge is 0.449 e. The summed E-state index contributed by atoms with van der Waals surface area (Å²) in [6.07, 6.45) is -0.368. The third-order valence-electron chi connectivity index (χ3n) is 4.15. The van der Waals surface area contributed by atoms with Gasteiger partial charge in [-0.3, -0.25) is 0 Å². The molecule has 3 aromatic rings. The molecule has 0 aromatic heterocycles. The summed E-state index contributed by atoms with van der Waals surface area (Å²) >= 11 is 0. The molecule has 3 aromatic carbocycles. The molecule has 4 rings (SSSR count). The van der Waals surface area contributed by atoms with Gasteiger partial charge in [0.25, 0.3) is 0 Å². The molecular weight excluding hydrogens is 286 g/mol. The summed E-state index contributed by atoms with van der Waals surface area (Å²) in [5, 5.41) is 0. The molecule has 3 heteroatoms. The summed E-state index contributed by atoms with van der Waals surface area (Å²) in [6, 6.07) is 22.8. The Morgan fingerprint density at radius 1 is 0.783 bits per heavy atom. The predicted octanol–water partition coefficient (Wildman–Crippen LogP) is 4.20. The van der Waals surface area contributed by atoms with Crippen LogP contribution in [0.5, 0.6) is 0 Å². The van der Waals surface area contributed by atoms with E-state index in [1.807, 2.05) is 36.4 Å². The fourth-order valence-electron chi connectivity index (χ4n) is 3.03. The van der Waals surface area contributed by atoms with E-state index in [4.69, 9.17) is 10.5 Å². The van der Waals surface area contributed by atoms with E-state index in [1.165, 1.54) is 0 Å². The van der Waals surface area contributed by atoms with Gasteiger partial charge in [-0.15, -0.1) is 0 Å². The normalized spacial score (nSPS) is 12.5. The van der Waals surface area contributed by atoms with E-state index in [-0.39, 0.29) is 12.1 Å². The molecule has 0 aliphatic heterocycles. The van der Waals surface area contributed by atoms with E-state index in [0.717, 1.165) is 22.3 Å². The Balaban J connectivity index is 1.71. The number of hydrogen-bond donors (Lipinski definition) is 1. The van der Waals surface area contributed by atoms with Crippen molar-refractivity contribution in [3.63, 3.8) is 0 Å². The van der Waals surface area contributed by atoms with Gasteiger partial charge in [0, 0.05) is 16.8 Å². The number of fused-ring (bicyclic) bond motifs is 3. The SMILES string of the molecule is Nc1ccc(C(=O)OC2c3ccccc3-c3ccccc32)cc1. The molecule has 2 N–H and O–H groups in total. The van der Waals surface area contributed by atoms with E-state index >= 15 is 0 Å². The minimum absolute atomic E-state index is 0.346. The van der Waals surface area contributed by atoms with Gasteiger partial charge in [-0.05, 0) is 35.4 Å². The van der Waals surface area contributed by atoms with Crippen molar-refractivity contribution in [2.24, 2.45) is 0 Å². The fraction of sp³-hybridized carbons (Fsp3) is 0.0500. The number of nitrogens with two attached hydrogens (primary N) is 1. The monoisotopic (exact) mass is 301 g/mol. The number of rotatable bonds is 2. The van der Waals surface area contributed by atoms with Gasteiger partial charge in [-0.2, -0.15) is 0 Å². The van der Waals surface area contributed by atoms with E-state index < -0.39 is 0 Å². The maximum atomic E-state index is 12.5. The van der Waals surface area contributed by atoms with Gasteiger partial charge in [0.1, 0.15) is 0 Å². The minimum Gasteiger partial charge on any atom is -0.449 e. The topological polar surface area (TPSA) is 52.3 Å². The van der Waals surface area contributed by atoms with Gasteiger partial charge >= 0.3 is 5.97 Å². The van der Waals surface area contributed by atoms with Crippen LogP contribution in [0.4, 0.5) is 5.69 Å². The van der Waals surface area contributed by atoms with Crippen molar-refractivity contribution >= 4 is 11.7 Å². The number of anilines is 1. The highest BCUT2D eigenvalue weighted by atomic mass is 16.5. The molecule has 112 valence electrons. The summed E-state index contributed by atoms with van der Waals surface area (Å²) in [5.41, 5.74) is 11.1. The molecule has 1 aliphatic rings. The van der Waals surface area contributed by atoms with Crippen molar-refractivity contribution in [1.82, 2.24) is 0 Å². The van der Waals surface area contributed by atoms with Crippen LogP contribution in [-0.4, -0.2) is 5.97 Å². The van der Waals surface area contributed by atoms with Crippen molar-refractivity contribution in [1.29, 1.82) is 0 Å². The van der Waals surface area contributed by atoms with Crippen LogP contribution in [0.15, 0.2) is 72.8 Å². The van der Waals surface area contributed by atoms with Crippen LogP contribution in [0.3, 0.4) is 0 Å². The second-order valence-corrected chi connectivity index (χ2v) is 5.58. The standard InChI is InChI=1S/C20H15NO2/c21-14-11-9-13(10-12-14)20(22)23-19-17-7-3-1-5-15(17)16-6-2-4-8-18(16)19/h1-12,19H,21H2. The van der Waals surface area contributed by atoms with E-state index in [2.05, 4.69) is 12.1 Å². The average Bonchev–Trinajstić information content (AvgIpc) is 2.90. The van der Waals surface area contributed by atoms with Gasteiger partial charge in [0.15, 0.2) is 6.10 Å². The van der Waals surface area contributed by atoms with Gasteiger partial charge in [-0.1, -0.05) is 48.5 Å². The lowest BCUT2D eigenvalue weighted by Gasteiger charge is -2.15. The number of esters is 1. The van der Waals surface area contributed by atoms with Crippen LogP contribution in [0.1, 0.15) is 27.6 Å². The number of carbonyl (C=O) groups is 1. The van der Waals surface area contributed by atoms with Gasteiger partial charge < -0.3 is 10.5 Å². The summed E-state index contributed by atoms with van der Waals surface area (Å²) in [7, 11) is 0. The van der Waals surface area contributed by atoms with Crippen molar-refractivity contribution in [3.05, 3.63) is 89.5 Å². The zero-order valence-corrected chi connectivity index (χ0v) is 12.4. The summed E-state index contributed by atoms with van der Waals surface area (Å²) in [4.78, 5) is 12.5. The Labute approximate surface area is 134 Å². The Hall–Kier alpha value is -3.07. The predicted molar refractivity (Wildman–Crippen MR) is 90.0 cm³/mol. The molecule has 23 heavy (non-hydrogen) atoms. The zero-order chi connectivity index (χ0) is 15.8. The van der Waals surface area contributed by atoms with Crippen LogP contribution in [0, 0.1) is 0 Å². The lowest BCUT2D eigenvalue weighted by Crippen LogP contribution is -2.11. The number of carbonyl (C=O) groups excluding carboxylic acids is 1. The quantitative estimate of drug-likeness (QED) is 0.570. The van der Waals surface area contributed by atoms with Crippen molar-refractivity contribution in [3.8, 4) is 11.1 Å². The van der Waals surface area contributed by atoms with Gasteiger partial charge in [-0.25, -0.2) is 4.79 Å². The molecule has 1 aliphatic carbocycles. The smallest absolute Gasteiger partial charge is 0.339 e. The van der Waals surface area contributed by atoms with Crippen LogP contribution in [-0.2, 0) is 4.74 Å². The molecule has 0 saturated heterocycles. The van der Waals surface area contributed by atoms with E-state index in [1.54, 1.807) is 24.3 Å². The maximum Gasteiger partial charge on any atom is 0.339 e. The highest BCUT2D eigenvalue weighted by Gasteiger charge is 2.31. The zero-order valence-electron chi connectivity index (χ0n) is 12.4. The van der Waals surface area contributed by atoms with Crippen LogP contribution in [0.2, 0.25) is 0 Å². The van der Waals surface area contributed by atoms with Crippen molar-refractivity contribution < 1.29 is 9.53 Å². The number of ether oxygens (including phenoxy) is 1. The molecule has 3 nitrogen and oxygen atoms in total. The molecule has 0 heterocycles. The Morgan fingerprint density at radius 3 is 1.87 bits per heavy atom. The van der Waals surface area contributed by atoms with Gasteiger partial charge in [0.2, 0.25) is 0 Å². The molecule has 0 amide bonds. The molecule has 0 fully saturated rings. The second-order valence-electron chi connectivity index (χ2n) is 5.58. The first kappa shape index (κ1) is 13.6. The van der Waals surface area contributed by atoms with Crippen molar-refractivity contribution in [2.45, 2.75) is 6.10 Å². The molecular formula is C20H15NO2. The second kappa shape index (κ2) is 5.29. The molecule has 0 saturated carbocycles. The lowest BCUT2D eigenvalue weighted by atomic mass is 10.1. The first-order valence-corrected chi connectivity index (χ1v) is 7.49. The minimum atomic E-state index is -0.368. The lowest BCUT2D eigenvalue weighted by molar-refractivity contribution is 0.0386.